The number of nitro benzene ring substituents is 2. The number of allylic oxidation sites excluding steroid dienone is 6. The number of hydrazone groups is 1. The first-order valence-corrected chi connectivity index (χ1v) is 6.80. The molecule has 0 radical (unpaired) electrons. The molecule has 0 saturated carbocycles. The highest BCUT2D eigenvalue weighted by Crippen LogP contribution is 2.28. The lowest BCUT2D eigenvalue weighted by molar-refractivity contribution is -0.393. The highest BCUT2D eigenvalue weighted by Gasteiger charge is 2.18. The molecule has 118 valence electrons. The van der Waals surface area contributed by atoms with E-state index in [9.17, 15) is 20.2 Å². The minimum absolute atomic E-state index is 0.102. The summed E-state index contributed by atoms with van der Waals surface area (Å²) in [6, 6.07) is 3.36. The lowest BCUT2D eigenvalue weighted by atomic mass is 10.1. The largest absolute Gasteiger partial charge is 0.301 e. The summed E-state index contributed by atoms with van der Waals surface area (Å²) < 4.78 is 0. The highest BCUT2D eigenvalue weighted by atomic mass is 16.6. The van der Waals surface area contributed by atoms with Crippen molar-refractivity contribution >= 4 is 23.3 Å². The molecule has 2 rings (SSSR count). The van der Waals surface area contributed by atoms with Crippen molar-refractivity contribution in [3.05, 3.63) is 74.9 Å². The van der Waals surface area contributed by atoms with Gasteiger partial charge in [0, 0.05) is 18.2 Å². The Morgan fingerprint density at radius 2 is 1.78 bits per heavy atom. The normalized spacial score (nSPS) is 14.1. The van der Waals surface area contributed by atoms with Gasteiger partial charge in [0.15, 0.2) is 0 Å². The summed E-state index contributed by atoms with van der Waals surface area (Å²) in [5.74, 6) is 0.197. The van der Waals surface area contributed by atoms with E-state index in [-0.39, 0.29) is 17.3 Å². The summed E-state index contributed by atoms with van der Waals surface area (Å²) in [5, 5.41) is 25.6. The van der Waals surface area contributed by atoms with Crippen LogP contribution in [0.3, 0.4) is 0 Å². The Bertz CT molecular complexity index is 706. The van der Waals surface area contributed by atoms with Crippen LogP contribution in [0, 0.1) is 26.1 Å². The fourth-order valence-corrected chi connectivity index (χ4v) is 1.93. The van der Waals surface area contributed by atoms with Gasteiger partial charge in [-0.2, -0.15) is 5.10 Å². The third-order valence-electron chi connectivity index (χ3n) is 3.09. The van der Waals surface area contributed by atoms with Gasteiger partial charge in [-0.15, -0.1) is 0 Å². The van der Waals surface area contributed by atoms with E-state index >= 15 is 0 Å². The molecule has 0 bridgehead atoms. The summed E-state index contributed by atoms with van der Waals surface area (Å²) in [5.41, 5.74) is 1.93. The molecule has 1 aliphatic carbocycles. The van der Waals surface area contributed by atoms with Crippen LogP contribution in [0.4, 0.5) is 17.1 Å². The zero-order chi connectivity index (χ0) is 16.7. The minimum atomic E-state index is -0.687. The quantitative estimate of drug-likeness (QED) is 0.490. The Balaban J connectivity index is 2.03. The fraction of sp³-hybridized carbons (Fsp3) is 0.133. The van der Waals surface area contributed by atoms with Crippen molar-refractivity contribution < 1.29 is 9.85 Å². The van der Waals surface area contributed by atoms with Crippen LogP contribution in [0.5, 0.6) is 0 Å². The molecule has 0 unspecified atom stereocenters. The van der Waals surface area contributed by atoms with Gasteiger partial charge in [-0.05, 0) is 12.5 Å². The van der Waals surface area contributed by atoms with Gasteiger partial charge < -0.3 is 0 Å². The third kappa shape index (κ3) is 4.60. The van der Waals surface area contributed by atoms with Crippen LogP contribution in [0.2, 0.25) is 0 Å². The predicted molar refractivity (Wildman–Crippen MR) is 87.4 cm³/mol. The molecule has 0 aliphatic heterocycles. The van der Waals surface area contributed by atoms with Crippen LogP contribution in [-0.4, -0.2) is 16.1 Å². The van der Waals surface area contributed by atoms with E-state index in [0.717, 1.165) is 6.07 Å². The number of hydrogen-bond acceptors (Lipinski definition) is 6. The van der Waals surface area contributed by atoms with Gasteiger partial charge in [0.2, 0.25) is 0 Å². The molecular formula is C15H14N4O4. The van der Waals surface area contributed by atoms with Crippen molar-refractivity contribution in [2.75, 3.05) is 5.43 Å². The van der Waals surface area contributed by atoms with Crippen LogP contribution < -0.4 is 5.43 Å². The number of nitrogens with zero attached hydrogens (tertiary/aromatic N) is 3. The van der Waals surface area contributed by atoms with Crippen LogP contribution in [0.1, 0.15) is 6.42 Å². The number of anilines is 1. The number of non-ortho nitro benzene ring substituents is 1. The van der Waals surface area contributed by atoms with E-state index in [1.807, 2.05) is 36.5 Å². The summed E-state index contributed by atoms with van der Waals surface area (Å²) in [7, 11) is 0. The Morgan fingerprint density at radius 3 is 2.39 bits per heavy atom. The molecule has 0 fully saturated rings. The second kappa shape index (κ2) is 7.64. The summed E-state index contributed by atoms with van der Waals surface area (Å²) in [4.78, 5) is 20.3. The maximum Gasteiger partial charge on any atom is 0.301 e. The van der Waals surface area contributed by atoms with Gasteiger partial charge in [-0.3, -0.25) is 25.7 Å². The summed E-state index contributed by atoms with van der Waals surface area (Å²) in [6.07, 6.45) is 14.0. The van der Waals surface area contributed by atoms with Crippen LogP contribution in [0.25, 0.3) is 0 Å². The second-order valence-electron chi connectivity index (χ2n) is 4.69. The second-order valence-corrected chi connectivity index (χ2v) is 4.69. The number of rotatable bonds is 6. The highest BCUT2D eigenvalue weighted by molar-refractivity contribution is 5.67. The average Bonchev–Trinajstić information content (AvgIpc) is 2.80. The molecule has 1 aromatic carbocycles. The monoisotopic (exact) mass is 314 g/mol. The Labute approximate surface area is 131 Å². The van der Waals surface area contributed by atoms with E-state index < -0.39 is 15.5 Å². The predicted octanol–water partition coefficient (Wildman–Crippen LogP) is 3.59. The number of hydrogen-bond donors (Lipinski definition) is 1. The third-order valence-corrected chi connectivity index (χ3v) is 3.09. The van der Waals surface area contributed by atoms with Crippen LogP contribution in [-0.2, 0) is 0 Å². The van der Waals surface area contributed by atoms with Gasteiger partial charge in [-0.25, -0.2) is 0 Å². The molecule has 1 aromatic rings. The average molecular weight is 314 g/mol. The van der Waals surface area contributed by atoms with Crippen molar-refractivity contribution in [2.45, 2.75) is 6.42 Å². The van der Waals surface area contributed by atoms with Crippen molar-refractivity contribution in [2.24, 2.45) is 11.0 Å². The number of nitrogens with one attached hydrogen (secondary N) is 1. The maximum absolute atomic E-state index is 11.0. The number of benzene rings is 1. The maximum atomic E-state index is 11.0. The Hall–Kier alpha value is -3.29. The van der Waals surface area contributed by atoms with Gasteiger partial charge in [-0.1, -0.05) is 36.5 Å². The smallest absolute Gasteiger partial charge is 0.272 e. The molecule has 0 atom stereocenters. The number of nitro groups is 2. The van der Waals surface area contributed by atoms with Crippen molar-refractivity contribution in [1.82, 2.24) is 0 Å². The molecular weight excluding hydrogens is 300 g/mol. The molecule has 8 nitrogen and oxygen atoms in total. The minimum Gasteiger partial charge on any atom is -0.272 e. The molecule has 8 heteroatoms. The summed E-state index contributed by atoms with van der Waals surface area (Å²) in [6.45, 7) is 0. The molecule has 1 aliphatic rings. The SMILES string of the molecule is O=[N+]([O-])c1ccc(N/N=C\CC2C=CC=CC=C2)c([N+](=O)[O-])c1. The molecule has 0 spiro atoms. The lowest BCUT2D eigenvalue weighted by Crippen LogP contribution is -1.99. The van der Waals surface area contributed by atoms with Gasteiger partial charge >= 0.3 is 5.69 Å². The van der Waals surface area contributed by atoms with Gasteiger partial charge in [0.1, 0.15) is 5.69 Å². The van der Waals surface area contributed by atoms with E-state index in [1.165, 1.54) is 12.1 Å². The lowest BCUT2D eigenvalue weighted by Gasteiger charge is -2.03. The van der Waals surface area contributed by atoms with Crippen LogP contribution >= 0.6 is 0 Å². The molecule has 0 amide bonds. The molecule has 23 heavy (non-hydrogen) atoms. The molecule has 0 aromatic heterocycles. The Morgan fingerprint density at radius 1 is 1.09 bits per heavy atom. The zero-order valence-corrected chi connectivity index (χ0v) is 12.0. The molecule has 1 N–H and O–H groups in total. The van der Waals surface area contributed by atoms with E-state index in [4.69, 9.17) is 0 Å². The first kappa shape index (κ1) is 16.1. The fourth-order valence-electron chi connectivity index (χ4n) is 1.93. The van der Waals surface area contributed by atoms with Gasteiger partial charge in [0.25, 0.3) is 5.69 Å². The molecule has 0 saturated heterocycles. The van der Waals surface area contributed by atoms with E-state index in [1.54, 1.807) is 6.21 Å². The zero-order valence-electron chi connectivity index (χ0n) is 12.0. The van der Waals surface area contributed by atoms with Crippen molar-refractivity contribution in [3.8, 4) is 0 Å². The van der Waals surface area contributed by atoms with Crippen molar-refractivity contribution in [1.29, 1.82) is 0 Å². The standard InChI is InChI=1S/C15H14N4O4/c20-18(21)13-7-8-14(15(11-13)19(22)23)17-16-10-9-12-5-3-1-2-4-6-12/h1-8,10-12,17H,9H2/b16-10-. The summed E-state index contributed by atoms with van der Waals surface area (Å²) >= 11 is 0. The molecule has 0 heterocycles. The Kier molecular flexibility index (Phi) is 5.35. The van der Waals surface area contributed by atoms with Gasteiger partial charge in [0.05, 0.1) is 15.9 Å². The topological polar surface area (TPSA) is 111 Å². The van der Waals surface area contributed by atoms with E-state index in [2.05, 4.69) is 10.5 Å². The van der Waals surface area contributed by atoms with E-state index in [0.29, 0.717) is 6.42 Å². The van der Waals surface area contributed by atoms with Crippen LogP contribution in [0.15, 0.2) is 59.8 Å². The van der Waals surface area contributed by atoms with Crippen molar-refractivity contribution in [3.63, 3.8) is 0 Å². The first-order valence-electron chi connectivity index (χ1n) is 6.80. The first-order chi connectivity index (χ1) is 11.1.